The van der Waals surface area contributed by atoms with Crippen molar-refractivity contribution < 1.29 is 22.7 Å². The minimum Gasteiger partial charge on any atom is -0.480 e. The van der Waals surface area contributed by atoms with Gasteiger partial charge in [0.15, 0.2) is 0 Å². The van der Waals surface area contributed by atoms with Crippen molar-refractivity contribution in [1.82, 2.24) is 4.72 Å². The first kappa shape index (κ1) is 15.3. The third kappa shape index (κ3) is 6.73. The van der Waals surface area contributed by atoms with Gasteiger partial charge in [-0.1, -0.05) is 13.8 Å². The Morgan fingerprint density at radius 1 is 1.44 bits per heavy atom. The molecular weight excluding hydrogens is 237 g/mol. The van der Waals surface area contributed by atoms with Gasteiger partial charge in [0, 0.05) is 0 Å². The van der Waals surface area contributed by atoms with E-state index in [2.05, 4.69) is 4.72 Å². The maximum atomic E-state index is 11.8. The van der Waals surface area contributed by atoms with Crippen LogP contribution in [0.3, 0.4) is 0 Å². The van der Waals surface area contributed by atoms with Crippen molar-refractivity contribution in [3.8, 4) is 0 Å². The molecule has 0 saturated carbocycles. The molecule has 0 amide bonds. The van der Waals surface area contributed by atoms with E-state index in [0.717, 1.165) is 0 Å². The molecule has 0 rings (SSSR count). The van der Waals surface area contributed by atoms with Gasteiger partial charge in [-0.25, -0.2) is 13.1 Å². The van der Waals surface area contributed by atoms with Gasteiger partial charge in [-0.05, 0) is 18.8 Å². The number of nitrogens with one attached hydrogen (secondary N) is 1. The van der Waals surface area contributed by atoms with Crippen LogP contribution in [0.5, 0.6) is 0 Å². The molecule has 0 unspecified atom stereocenters. The van der Waals surface area contributed by atoms with E-state index in [1.807, 2.05) is 0 Å². The Labute approximate surface area is 95.1 Å². The van der Waals surface area contributed by atoms with Crippen LogP contribution in [0.15, 0.2) is 0 Å². The lowest BCUT2D eigenvalue weighted by molar-refractivity contribution is -0.139. The van der Waals surface area contributed by atoms with E-state index in [9.17, 15) is 17.6 Å². The highest BCUT2D eigenvalue weighted by atomic mass is 32.2. The maximum absolute atomic E-state index is 11.8. The zero-order valence-corrected chi connectivity index (χ0v) is 10.3. The average Bonchev–Trinajstić information content (AvgIpc) is 2.12. The van der Waals surface area contributed by atoms with Gasteiger partial charge in [-0.15, -0.1) is 0 Å². The minimum absolute atomic E-state index is 0.0602. The van der Waals surface area contributed by atoms with E-state index in [-0.39, 0.29) is 24.5 Å². The number of carbonyl (C=O) groups is 1. The molecule has 5 nitrogen and oxygen atoms in total. The Hall–Kier alpha value is -0.690. The molecule has 0 spiro atoms. The van der Waals surface area contributed by atoms with Gasteiger partial charge in [-0.3, -0.25) is 9.18 Å². The van der Waals surface area contributed by atoms with Crippen LogP contribution in [0.2, 0.25) is 0 Å². The number of halogens is 1. The first-order valence-electron chi connectivity index (χ1n) is 5.07. The van der Waals surface area contributed by atoms with Crippen molar-refractivity contribution in [1.29, 1.82) is 0 Å². The van der Waals surface area contributed by atoms with Crippen molar-refractivity contribution >= 4 is 16.0 Å². The monoisotopic (exact) mass is 255 g/mol. The van der Waals surface area contributed by atoms with Gasteiger partial charge >= 0.3 is 5.97 Å². The number of rotatable bonds is 8. The van der Waals surface area contributed by atoms with Gasteiger partial charge in [0.05, 0.1) is 12.4 Å². The molecule has 0 bridgehead atoms. The summed E-state index contributed by atoms with van der Waals surface area (Å²) in [5.41, 5.74) is 0. The summed E-state index contributed by atoms with van der Waals surface area (Å²) >= 11 is 0. The van der Waals surface area contributed by atoms with Gasteiger partial charge in [0.25, 0.3) is 0 Å². The molecule has 1 atom stereocenters. The van der Waals surface area contributed by atoms with E-state index in [1.54, 1.807) is 13.8 Å². The topological polar surface area (TPSA) is 83.5 Å². The van der Waals surface area contributed by atoms with Crippen molar-refractivity contribution in [2.24, 2.45) is 5.92 Å². The first-order chi connectivity index (χ1) is 7.28. The number of alkyl halides is 1. The minimum atomic E-state index is -3.70. The molecule has 0 aliphatic rings. The number of hydrogen-bond donors (Lipinski definition) is 2. The van der Waals surface area contributed by atoms with Crippen LogP contribution in [-0.4, -0.2) is 38.0 Å². The molecule has 0 saturated heterocycles. The number of aliphatic carboxylic acids is 1. The maximum Gasteiger partial charge on any atom is 0.321 e. The molecule has 0 aromatic rings. The van der Waals surface area contributed by atoms with Crippen molar-refractivity contribution in [3.63, 3.8) is 0 Å². The average molecular weight is 255 g/mol. The van der Waals surface area contributed by atoms with Gasteiger partial charge < -0.3 is 5.11 Å². The molecule has 0 radical (unpaired) electrons. The summed E-state index contributed by atoms with van der Waals surface area (Å²) in [6.07, 6.45) is 0.0908. The second kappa shape index (κ2) is 6.80. The van der Waals surface area contributed by atoms with Crippen LogP contribution in [0.1, 0.15) is 26.7 Å². The third-order valence-electron chi connectivity index (χ3n) is 1.87. The van der Waals surface area contributed by atoms with Crippen LogP contribution in [0.25, 0.3) is 0 Å². The lowest BCUT2D eigenvalue weighted by atomic mass is 10.1. The van der Waals surface area contributed by atoms with Crippen molar-refractivity contribution in [3.05, 3.63) is 0 Å². The van der Waals surface area contributed by atoms with Gasteiger partial charge in [0.1, 0.15) is 6.04 Å². The van der Waals surface area contributed by atoms with Crippen LogP contribution in [-0.2, 0) is 14.8 Å². The van der Waals surface area contributed by atoms with Gasteiger partial charge in [-0.2, -0.15) is 0 Å². The van der Waals surface area contributed by atoms with E-state index < -0.39 is 28.7 Å². The van der Waals surface area contributed by atoms with E-state index in [1.165, 1.54) is 0 Å². The Balaban J connectivity index is 4.44. The highest BCUT2D eigenvalue weighted by molar-refractivity contribution is 7.89. The Bertz CT molecular complexity index is 315. The molecule has 0 aromatic heterocycles. The summed E-state index contributed by atoms with van der Waals surface area (Å²) in [6, 6.07) is -1.13. The summed E-state index contributed by atoms with van der Waals surface area (Å²) in [7, 11) is -3.70. The molecule has 96 valence electrons. The summed E-state index contributed by atoms with van der Waals surface area (Å²) in [5.74, 6) is -1.53. The highest BCUT2D eigenvalue weighted by Crippen LogP contribution is 2.06. The van der Waals surface area contributed by atoms with Crippen molar-refractivity contribution in [2.45, 2.75) is 32.7 Å². The molecule has 16 heavy (non-hydrogen) atoms. The fraction of sp³-hybridized carbons (Fsp3) is 0.889. The van der Waals surface area contributed by atoms with E-state index in [0.29, 0.717) is 0 Å². The standard InChI is InChI=1S/C9H18FNO4S/c1-7(2)6-8(9(12)13)11-16(14,15)5-3-4-10/h7-8,11H,3-6H2,1-2H3,(H,12,13)/t8-/m1/s1. The molecule has 0 fully saturated rings. The molecule has 0 aliphatic heterocycles. The zero-order valence-electron chi connectivity index (χ0n) is 9.44. The summed E-state index contributed by atoms with van der Waals surface area (Å²) in [5, 5.41) is 8.81. The SMILES string of the molecule is CC(C)C[C@@H](NS(=O)(=O)CCCF)C(=O)O. The number of sulfonamides is 1. The number of carboxylic acids is 1. The number of carboxylic acid groups (broad SMARTS) is 1. The Kier molecular flexibility index (Phi) is 6.51. The lowest BCUT2D eigenvalue weighted by Gasteiger charge is -2.16. The second-order valence-corrected chi connectivity index (χ2v) is 5.87. The quantitative estimate of drug-likeness (QED) is 0.671. The number of hydrogen-bond acceptors (Lipinski definition) is 3. The van der Waals surface area contributed by atoms with E-state index >= 15 is 0 Å². The third-order valence-corrected chi connectivity index (χ3v) is 3.34. The molecule has 0 aromatic carbocycles. The summed E-state index contributed by atoms with van der Waals surface area (Å²) in [4.78, 5) is 10.8. The molecule has 2 N–H and O–H groups in total. The predicted octanol–water partition coefficient (Wildman–Crippen LogP) is 0.765. The zero-order chi connectivity index (χ0) is 12.8. The van der Waals surface area contributed by atoms with Gasteiger partial charge in [0.2, 0.25) is 10.0 Å². The molecule has 0 heterocycles. The first-order valence-corrected chi connectivity index (χ1v) is 6.72. The van der Waals surface area contributed by atoms with Crippen LogP contribution >= 0.6 is 0 Å². The largest absolute Gasteiger partial charge is 0.480 e. The Morgan fingerprint density at radius 3 is 2.38 bits per heavy atom. The van der Waals surface area contributed by atoms with Crippen LogP contribution < -0.4 is 4.72 Å². The molecule has 7 heteroatoms. The highest BCUT2D eigenvalue weighted by Gasteiger charge is 2.24. The lowest BCUT2D eigenvalue weighted by Crippen LogP contribution is -2.42. The van der Waals surface area contributed by atoms with E-state index in [4.69, 9.17) is 5.11 Å². The fourth-order valence-electron chi connectivity index (χ4n) is 1.19. The predicted molar refractivity (Wildman–Crippen MR) is 58.4 cm³/mol. The second-order valence-electron chi connectivity index (χ2n) is 4.00. The van der Waals surface area contributed by atoms with Crippen molar-refractivity contribution in [2.75, 3.05) is 12.4 Å². The van der Waals surface area contributed by atoms with Crippen LogP contribution in [0, 0.1) is 5.92 Å². The summed E-state index contributed by atoms with van der Waals surface area (Å²) < 4.78 is 36.6. The molecule has 0 aliphatic carbocycles. The molecular formula is C9H18FNO4S. The fourth-order valence-corrected chi connectivity index (χ4v) is 2.43. The Morgan fingerprint density at radius 2 is 2.00 bits per heavy atom. The van der Waals surface area contributed by atoms with Crippen LogP contribution in [0.4, 0.5) is 4.39 Å². The summed E-state index contributed by atoms with van der Waals surface area (Å²) in [6.45, 7) is 2.86. The smallest absolute Gasteiger partial charge is 0.321 e. The normalized spacial score (nSPS) is 14.0.